The third kappa shape index (κ3) is 4.11. The Hall–Kier alpha value is -1.83. The molecule has 0 saturated heterocycles. The third-order valence-electron chi connectivity index (χ3n) is 4.45. The second-order valence-electron chi connectivity index (χ2n) is 6.36. The van der Waals surface area contributed by atoms with E-state index in [1.165, 1.54) is 11.3 Å². The van der Waals surface area contributed by atoms with Crippen LogP contribution in [0.25, 0.3) is 0 Å². The van der Waals surface area contributed by atoms with Crippen molar-refractivity contribution in [2.24, 2.45) is 11.7 Å². The monoisotopic (exact) mass is 395 g/mol. The number of halogens is 1. The van der Waals surface area contributed by atoms with Crippen molar-refractivity contribution in [1.82, 2.24) is 10.3 Å². The minimum Gasteiger partial charge on any atom is -0.486 e. The molecule has 1 aromatic heterocycles. The lowest BCUT2D eigenvalue weighted by Gasteiger charge is -2.22. The summed E-state index contributed by atoms with van der Waals surface area (Å²) in [5, 5.41) is 5.85. The zero-order chi connectivity index (χ0) is 17.2. The second-order valence-corrected chi connectivity index (χ2v) is 7.30. The minimum atomic E-state index is -0.133. The molecule has 0 bridgehead atoms. The molecule has 1 aliphatic carbocycles. The predicted molar refractivity (Wildman–Crippen MR) is 102 cm³/mol. The zero-order valence-electron chi connectivity index (χ0n) is 14.3. The number of nitrogens with zero attached hydrogens (tertiary/aromatic N) is 1. The van der Waals surface area contributed by atoms with Crippen molar-refractivity contribution in [3.63, 3.8) is 0 Å². The lowest BCUT2D eigenvalue weighted by molar-refractivity contribution is 0.0927. The lowest BCUT2D eigenvalue weighted by atomic mass is 10.0. The van der Waals surface area contributed by atoms with Gasteiger partial charge in [-0.3, -0.25) is 4.79 Å². The highest BCUT2D eigenvalue weighted by atomic mass is 35.5. The Morgan fingerprint density at radius 2 is 2.08 bits per heavy atom. The van der Waals surface area contributed by atoms with Gasteiger partial charge in [-0.1, -0.05) is 6.07 Å². The van der Waals surface area contributed by atoms with Gasteiger partial charge in [0.1, 0.15) is 18.9 Å². The highest BCUT2D eigenvalue weighted by Crippen LogP contribution is 2.43. The van der Waals surface area contributed by atoms with Crippen molar-refractivity contribution in [3.8, 4) is 11.5 Å². The number of ether oxygens (including phenoxy) is 2. The summed E-state index contributed by atoms with van der Waals surface area (Å²) in [7, 11) is 0. The molecule has 0 spiro atoms. The lowest BCUT2D eigenvalue weighted by Crippen LogP contribution is -2.30. The van der Waals surface area contributed by atoms with Gasteiger partial charge in [0, 0.05) is 11.8 Å². The fourth-order valence-electron chi connectivity index (χ4n) is 3.02. The standard InChI is InChI=1S/C18H21N3O3S.ClH/c19-6-5-16-20-13(10-25-16)18(22)21-17(11-1-2-11)12-3-4-14-15(9-12)24-8-7-23-14;/h3-4,9-11,17H,1-2,5-8,19H2,(H,21,22);1H. The Kier molecular flexibility index (Phi) is 6.01. The quantitative estimate of drug-likeness (QED) is 0.785. The van der Waals surface area contributed by atoms with E-state index in [2.05, 4.69) is 10.3 Å². The van der Waals surface area contributed by atoms with Crippen LogP contribution in [0.3, 0.4) is 0 Å². The number of aromatic nitrogens is 1. The average Bonchev–Trinajstić information content (AvgIpc) is 3.37. The first-order valence-corrected chi connectivity index (χ1v) is 9.47. The molecule has 2 aliphatic rings. The van der Waals surface area contributed by atoms with Crippen LogP contribution >= 0.6 is 23.7 Å². The summed E-state index contributed by atoms with van der Waals surface area (Å²) in [5.74, 6) is 1.85. The van der Waals surface area contributed by atoms with Crippen LogP contribution in [0.1, 0.15) is 39.9 Å². The van der Waals surface area contributed by atoms with Crippen LogP contribution < -0.4 is 20.5 Å². The minimum absolute atomic E-state index is 0. The van der Waals surface area contributed by atoms with E-state index in [0.29, 0.717) is 37.8 Å². The van der Waals surface area contributed by atoms with E-state index in [-0.39, 0.29) is 24.4 Å². The number of rotatable bonds is 6. The van der Waals surface area contributed by atoms with Crippen molar-refractivity contribution in [2.75, 3.05) is 19.8 Å². The van der Waals surface area contributed by atoms with Crippen molar-refractivity contribution < 1.29 is 14.3 Å². The topological polar surface area (TPSA) is 86.5 Å². The Balaban J connectivity index is 0.00000196. The van der Waals surface area contributed by atoms with Gasteiger partial charge in [0.2, 0.25) is 0 Å². The van der Waals surface area contributed by atoms with E-state index in [0.717, 1.165) is 34.9 Å². The van der Waals surface area contributed by atoms with Gasteiger partial charge in [0.05, 0.1) is 11.0 Å². The van der Waals surface area contributed by atoms with E-state index in [1.54, 1.807) is 5.38 Å². The van der Waals surface area contributed by atoms with Gasteiger partial charge in [-0.05, 0) is 43.0 Å². The zero-order valence-corrected chi connectivity index (χ0v) is 15.9. The number of benzene rings is 1. The van der Waals surface area contributed by atoms with Gasteiger partial charge in [-0.2, -0.15) is 0 Å². The molecule has 0 radical (unpaired) electrons. The van der Waals surface area contributed by atoms with Crippen LogP contribution in [0.15, 0.2) is 23.6 Å². The Morgan fingerprint density at radius 1 is 1.31 bits per heavy atom. The summed E-state index contributed by atoms with van der Waals surface area (Å²) >= 11 is 1.48. The molecule has 2 aromatic rings. The summed E-state index contributed by atoms with van der Waals surface area (Å²) in [4.78, 5) is 17.0. The molecule has 4 rings (SSSR count). The Bertz CT molecular complexity index is 779. The molecule has 1 unspecified atom stereocenters. The number of hydrogen-bond donors (Lipinski definition) is 2. The van der Waals surface area contributed by atoms with Crippen LogP contribution in [-0.2, 0) is 6.42 Å². The molecule has 140 valence electrons. The SMILES string of the molecule is Cl.NCCc1nc(C(=O)NC(c2ccc3c(c2)OCCO3)C2CC2)cs1. The van der Waals surface area contributed by atoms with E-state index in [9.17, 15) is 4.79 Å². The highest BCUT2D eigenvalue weighted by Gasteiger charge is 2.34. The number of carbonyl (C=O) groups excluding carboxylic acids is 1. The van der Waals surface area contributed by atoms with Gasteiger partial charge in [-0.15, -0.1) is 23.7 Å². The first-order chi connectivity index (χ1) is 12.2. The molecular weight excluding hydrogens is 374 g/mol. The van der Waals surface area contributed by atoms with Crippen LogP contribution in [0, 0.1) is 5.92 Å². The summed E-state index contributed by atoms with van der Waals surface area (Å²) in [5.41, 5.74) is 7.07. The van der Waals surface area contributed by atoms with E-state index in [4.69, 9.17) is 15.2 Å². The fraction of sp³-hybridized carbons (Fsp3) is 0.444. The molecule has 3 N–H and O–H groups in total. The predicted octanol–water partition coefficient (Wildman–Crippen LogP) is 2.72. The van der Waals surface area contributed by atoms with Gasteiger partial charge >= 0.3 is 0 Å². The number of nitrogens with two attached hydrogens (primary N) is 1. The van der Waals surface area contributed by atoms with Crippen molar-refractivity contribution in [2.45, 2.75) is 25.3 Å². The Morgan fingerprint density at radius 3 is 2.81 bits per heavy atom. The second kappa shape index (κ2) is 8.24. The molecule has 8 heteroatoms. The van der Waals surface area contributed by atoms with Crippen molar-refractivity contribution >= 4 is 29.7 Å². The normalized spacial score (nSPS) is 16.5. The number of nitrogens with one attached hydrogen (secondary N) is 1. The van der Waals surface area contributed by atoms with Crippen LogP contribution in [0.2, 0.25) is 0 Å². The summed E-state index contributed by atoms with van der Waals surface area (Å²) in [6.45, 7) is 1.67. The number of carbonyl (C=O) groups is 1. The molecule has 1 saturated carbocycles. The first kappa shape index (κ1) is 18.9. The average molecular weight is 396 g/mol. The molecule has 1 aliphatic heterocycles. The molecule has 1 aromatic carbocycles. The van der Waals surface area contributed by atoms with E-state index < -0.39 is 0 Å². The molecule has 1 amide bonds. The molecule has 1 fully saturated rings. The van der Waals surface area contributed by atoms with Crippen molar-refractivity contribution in [1.29, 1.82) is 0 Å². The molecule has 1 atom stereocenters. The molecule has 26 heavy (non-hydrogen) atoms. The maximum absolute atomic E-state index is 12.6. The number of fused-ring (bicyclic) bond motifs is 1. The number of hydrogen-bond acceptors (Lipinski definition) is 6. The van der Waals surface area contributed by atoms with Gasteiger partial charge in [0.25, 0.3) is 5.91 Å². The number of thiazole rings is 1. The Labute approximate surface area is 162 Å². The third-order valence-corrected chi connectivity index (χ3v) is 5.36. The summed E-state index contributed by atoms with van der Waals surface area (Å²) in [6.07, 6.45) is 2.94. The molecule has 6 nitrogen and oxygen atoms in total. The van der Waals surface area contributed by atoms with Gasteiger partial charge in [-0.25, -0.2) is 4.98 Å². The van der Waals surface area contributed by atoms with Crippen molar-refractivity contribution in [3.05, 3.63) is 39.8 Å². The van der Waals surface area contributed by atoms with E-state index >= 15 is 0 Å². The maximum atomic E-state index is 12.6. The van der Waals surface area contributed by atoms with Gasteiger partial charge in [0.15, 0.2) is 11.5 Å². The highest BCUT2D eigenvalue weighted by molar-refractivity contribution is 7.09. The largest absolute Gasteiger partial charge is 0.486 e. The van der Waals surface area contributed by atoms with E-state index in [1.807, 2.05) is 18.2 Å². The molecule has 2 heterocycles. The fourth-order valence-corrected chi connectivity index (χ4v) is 3.82. The summed E-state index contributed by atoms with van der Waals surface area (Å²) in [6, 6.07) is 5.90. The first-order valence-electron chi connectivity index (χ1n) is 8.59. The van der Waals surface area contributed by atoms with Gasteiger partial charge < -0.3 is 20.5 Å². The van der Waals surface area contributed by atoms with Crippen LogP contribution in [0.4, 0.5) is 0 Å². The van der Waals surface area contributed by atoms with Crippen LogP contribution in [-0.4, -0.2) is 30.6 Å². The molecular formula is C18H22ClN3O3S. The maximum Gasteiger partial charge on any atom is 0.271 e. The van der Waals surface area contributed by atoms with Crippen LogP contribution in [0.5, 0.6) is 11.5 Å². The summed E-state index contributed by atoms with van der Waals surface area (Å²) < 4.78 is 11.3. The number of amides is 1. The smallest absolute Gasteiger partial charge is 0.271 e.